The lowest BCUT2D eigenvalue weighted by Crippen LogP contribution is -1.99. The van der Waals surface area contributed by atoms with E-state index in [1.54, 1.807) is 6.07 Å². The highest BCUT2D eigenvalue weighted by Crippen LogP contribution is 2.49. The fourth-order valence-electron chi connectivity index (χ4n) is 1.61. The molecule has 2 unspecified atom stereocenters. The second-order valence-electron chi connectivity index (χ2n) is 3.45. The van der Waals surface area contributed by atoms with Gasteiger partial charge in [-0.15, -0.1) is 0 Å². The van der Waals surface area contributed by atoms with Crippen molar-refractivity contribution < 1.29 is 14.3 Å². The number of aliphatic carboxylic acids is 1. The van der Waals surface area contributed by atoms with Gasteiger partial charge in [0, 0.05) is 4.47 Å². The molecule has 2 nitrogen and oxygen atoms in total. The molecule has 1 saturated carbocycles. The van der Waals surface area contributed by atoms with Crippen LogP contribution >= 0.6 is 15.9 Å². The van der Waals surface area contributed by atoms with E-state index in [9.17, 15) is 9.18 Å². The zero-order chi connectivity index (χ0) is 10.3. The van der Waals surface area contributed by atoms with Gasteiger partial charge >= 0.3 is 5.97 Å². The maximum absolute atomic E-state index is 12.7. The molecule has 4 heteroatoms. The fraction of sp³-hybridized carbons (Fsp3) is 0.300. The number of hydrogen-bond acceptors (Lipinski definition) is 1. The van der Waals surface area contributed by atoms with E-state index in [1.165, 1.54) is 12.1 Å². The first-order valence-electron chi connectivity index (χ1n) is 4.27. The number of carboxylic acids is 1. The lowest BCUT2D eigenvalue weighted by molar-refractivity contribution is -0.138. The van der Waals surface area contributed by atoms with Crippen molar-refractivity contribution in [2.75, 3.05) is 0 Å². The minimum atomic E-state index is -0.772. The largest absolute Gasteiger partial charge is 0.481 e. The number of hydrogen-bond donors (Lipinski definition) is 1. The Hall–Kier alpha value is -0.900. The van der Waals surface area contributed by atoms with Gasteiger partial charge in [-0.3, -0.25) is 4.79 Å². The van der Waals surface area contributed by atoms with Crippen molar-refractivity contribution in [1.29, 1.82) is 0 Å². The molecule has 1 aromatic rings. The Kier molecular flexibility index (Phi) is 2.31. The van der Waals surface area contributed by atoms with E-state index >= 15 is 0 Å². The molecular weight excluding hydrogens is 251 g/mol. The first-order valence-corrected chi connectivity index (χ1v) is 5.06. The fourth-order valence-corrected chi connectivity index (χ4v) is 2.26. The molecule has 1 aromatic carbocycles. The first-order chi connectivity index (χ1) is 6.59. The smallest absolute Gasteiger partial charge is 0.307 e. The predicted molar refractivity (Wildman–Crippen MR) is 52.6 cm³/mol. The van der Waals surface area contributed by atoms with Crippen LogP contribution in [0, 0.1) is 11.7 Å². The summed E-state index contributed by atoms with van der Waals surface area (Å²) in [5.74, 6) is -1.33. The van der Waals surface area contributed by atoms with Gasteiger partial charge in [0.25, 0.3) is 0 Å². The Bertz CT molecular complexity index is 392. The molecule has 0 aromatic heterocycles. The molecule has 1 aliphatic rings. The third-order valence-corrected chi connectivity index (χ3v) is 3.16. The summed E-state index contributed by atoms with van der Waals surface area (Å²) in [5, 5.41) is 8.74. The zero-order valence-electron chi connectivity index (χ0n) is 7.21. The average molecular weight is 259 g/mol. The number of carbonyl (C=O) groups is 1. The molecule has 0 radical (unpaired) electrons. The van der Waals surface area contributed by atoms with Crippen molar-refractivity contribution in [2.45, 2.75) is 12.3 Å². The van der Waals surface area contributed by atoms with Crippen LogP contribution in [-0.2, 0) is 4.79 Å². The average Bonchev–Trinajstić information content (AvgIpc) is 2.83. The Balaban J connectivity index is 2.23. The van der Waals surface area contributed by atoms with Crippen molar-refractivity contribution >= 4 is 21.9 Å². The van der Waals surface area contributed by atoms with E-state index in [1.807, 2.05) is 0 Å². The Morgan fingerprint density at radius 2 is 2.29 bits per heavy atom. The summed E-state index contributed by atoms with van der Waals surface area (Å²) in [6.07, 6.45) is 0.652. The monoisotopic (exact) mass is 258 g/mol. The van der Waals surface area contributed by atoms with Crippen LogP contribution in [0.25, 0.3) is 0 Å². The molecule has 0 aliphatic heterocycles. The molecule has 0 spiro atoms. The van der Waals surface area contributed by atoms with Gasteiger partial charge in [0.15, 0.2) is 0 Å². The van der Waals surface area contributed by atoms with Crippen LogP contribution in [0.1, 0.15) is 17.9 Å². The zero-order valence-corrected chi connectivity index (χ0v) is 8.79. The van der Waals surface area contributed by atoms with Gasteiger partial charge in [0.1, 0.15) is 5.82 Å². The van der Waals surface area contributed by atoms with Gasteiger partial charge in [0.2, 0.25) is 0 Å². The van der Waals surface area contributed by atoms with E-state index in [0.29, 0.717) is 10.9 Å². The number of rotatable bonds is 2. The van der Waals surface area contributed by atoms with Gasteiger partial charge in [-0.1, -0.05) is 22.0 Å². The molecule has 2 rings (SSSR count). The number of halogens is 2. The highest BCUT2D eigenvalue weighted by atomic mass is 79.9. The summed E-state index contributed by atoms with van der Waals surface area (Å²) in [7, 11) is 0. The first kappa shape index (κ1) is 9.65. The van der Waals surface area contributed by atoms with Crippen molar-refractivity contribution in [3.05, 3.63) is 34.1 Å². The van der Waals surface area contributed by atoms with Crippen LogP contribution in [0.4, 0.5) is 4.39 Å². The minimum Gasteiger partial charge on any atom is -0.481 e. The van der Waals surface area contributed by atoms with E-state index < -0.39 is 5.97 Å². The van der Waals surface area contributed by atoms with Crippen molar-refractivity contribution in [3.8, 4) is 0 Å². The molecule has 2 atom stereocenters. The molecule has 1 aliphatic carbocycles. The minimum absolute atomic E-state index is 0.0440. The Labute approximate surface area is 88.9 Å². The van der Waals surface area contributed by atoms with E-state index in [0.717, 1.165) is 5.56 Å². The standard InChI is InChI=1S/C10H8BrFO2/c11-9-3-5(12)1-2-6(9)7-4-8(7)10(13)14/h1-3,7-8H,4H2,(H,13,14). The topological polar surface area (TPSA) is 37.3 Å². The highest BCUT2D eigenvalue weighted by Gasteiger charge is 2.44. The molecule has 1 fully saturated rings. The third-order valence-electron chi connectivity index (χ3n) is 2.47. The van der Waals surface area contributed by atoms with Gasteiger partial charge < -0.3 is 5.11 Å². The molecule has 74 valence electrons. The van der Waals surface area contributed by atoms with E-state index in [-0.39, 0.29) is 17.7 Å². The molecule has 1 N–H and O–H groups in total. The van der Waals surface area contributed by atoms with Crippen molar-refractivity contribution in [1.82, 2.24) is 0 Å². The van der Waals surface area contributed by atoms with Crippen molar-refractivity contribution in [2.24, 2.45) is 5.92 Å². The lowest BCUT2D eigenvalue weighted by atomic mass is 10.1. The van der Waals surface area contributed by atoms with Gasteiger partial charge in [-0.05, 0) is 30.0 Å². The van der Waals surface area contributed by atoms with E-state index in [2.05, 4.69) is 15.9 Å². The molecule has 14 heavy (non-hydrogen) atoms. The normalized spacial score (nSPS) is 24.7. The van der Waals surface area contributed by atoms with Crippen LogP contribution in [-0.4, -0.2) is 11.1 Å². The SMILES string of the molecule is O=C(O)C1CC1c1ccc(F)cc1Br. The lowest BCUT2D eigenvalue weighted by Gasteiger charge is -2.02. The second-order valence-corrected chi connectivity index (χ2v) is 4.31. The van der Waals surface area contributed by atoms with E-state index in [4.69, 9.17) is 5.11 Å². The molecular formula is C10H8BrFO2. The van der Waals surface area contributed by atoms with Gasteiger partial charge in [-0.2, -0.15) is 0 Å². The summed E-state index contributed by atoms with van der Waals surface area (Å²) in [4.78, 5) is 10.6. The van der Waals surface area contributed by atoms with Crippen molar-refractivity contribution in [3.63, 3.8) is 0 Å². The van der Waals surface area contributed by atoms with Crippen LogP contribution in [0.3, 0.4) is 0 Å². The molecule has 0 heterocycles. The van der Waals surface area contributed by atoms with Crippen LogP contribution in [0.5, 0.6) is 0 Å². The van der Waals surface area contributed by atoms with Gasteiger partial charge in [0.05, 0.1) is 5.92 Å². The summed E-state index contributed by atoms with van der Waals surface area (Å²) in [6, 6.07) is 4.37. The second kappa shape index (κ2) is 3.35. The number of carboxylic acid groups (broad SMARTS) is 1. The summed E-state index contributed by atoms with van der Waals surface area (Å²) in [6.45, 7) is 0. The van der Waals surface area contributed by atoms with Gasteiger partial charge in [-0.25, -0.2) is 4.39 Å². The maximum Gasteiger partial charge on any atom is 0.307 e. The summed E-state index contributed by atoms with van der Waals surface area (Å²) < 4.78 is 13.4. The quantitative estimate of drug-likeness (QED) is 0.886. The Morgan fingerprint density at radius 3 is 2.79 bits per heavy atom. The highest BCUT2D eigenvalue weighted by molar-refractivity contribution is 9.10. The Morgan fingerprint density at radius 1 is 1.57 bits per heavy atom. The molecule has 0 bridgehead atoms. The third kappa shape index (κ3) is 1.66. The summed E-state index contributed by atoms with van der Waals surface area (Å²) in [5.41, 5.74) is 0.888. The maximum atomic E-state index is 12.7. The van der Waals surface area contributed by atoms with Crippen LogP contribution in [0.15, 0.2) is 22.7 Å². The van der Waals surface area contributed by atoms with Crippen LogP contribution < -0.4 is 0 Å². The number of benzene rings is 1. The summed E-state index contributed by atoms with van der Waals surface area (Å²) >= 11 is 3.23. The predicted octanol–water partition coefficient (Wildman–Crippen LogP) is 2.78. The molecule has 0 amide bonds. The van der Waals surface area contributed by atoms with Crippen LogP contribution in [0.2, 0.25) is 0 Å². The molecule has 0 saturated heterocycles.